The molecule has 1 fully saturated rings. The molecule has 0 saturated carbocycles. The molecule has 1 amide bonds. The van der Waals surface area contributed by atoms with Crippen molar-refractivity contribution in [1.82, 2.24) is 19.4 Å². The van der Waals surface area contributed by atoms with E-state index in [-0.39, 0.29) is 18.2 Å². The fraction of sp³-hybridized carbons (Fsp3) is 0.350. The van der Waals surface area contributed by atoms with Gasteiger partial charge in [0.25, 0.3) is 0 Å². The average Bonchev–Trinajstić information content (AvgIpc) is 3.27. The Morgan fingerprint density at radius 3 is 2.82 bits per heavy atom. The van der Waals surface area contributed by atoms with Gasteiger partial charge in [-0.1, -0.05) is 18.2 Å². The number of likely N-dealkylation sites (tertiary alicyclic amines) is 1. The molecule has 5 nitrogen and oxygen atoms in total. The number of halogens is 3. The molecule has 0 unspecified atom stereocenters. The van der Waals surface area contributed by atoms with Crippen molar-refractivity contribution in [2.24, 2.45) is 7.05 Å². The highest BCUT2D eigenvalue weighted by molar-refractivity contribution is 5.79. The molecular formula is C20H19F3N4O. The van der Waals surface area contributed by atoms with Crippen molar-refractivity contribution >= 4 is 17.1 Å². The first-order valence-electron chi connectivity index (χ1n) is 9.04. The van der Waals surface area contributed by atoms with Crippen LogP contribution < -0.4 is 0 Å². The van der Waals surface area contributed by atoms with Crippen LogP contribution in [0.3, 0.4) is 0 Å². The van der Waals surface area contributed by atoms with Crippen LogP contribution in [0.2, 0.25) is 0 Å². The number of aryl methyl sites for hydroxylation is 1. The molecule has 2 aromatic heterocycles. The van der Waals surface area contributed by atoms with E-state index >= 15 is 0 Å². The molecule has 8 heteroatoms. The number of aromatic nitrogens is 3. The summed E-state index contributed by atoms with van der Waals surface area (Å²) in [5.41, 5.74) is 1.25. The quantitative estimate of drug-likeness (QED) is 0.690. The number of imidazole rings is 1. The summed E-state index contributed by atoms with van der Waals surface area (Å²) in [6, 6.07) is 8.68. The Morgan fingerprint density at radius 2 is 2.07 bits per heavy atom. The standard InChI is InChI=1S/C20H19F3N4O/c1-26-18(25-16-6-3-8-24-19(16)26)14-7-9-27(12-14)17(28)11-13-4-2-5-15(10-13)20(21,22)23/h2-6,8,10,14H,7,9,11-12H2,1H3/t14-/m0/s1. The number of fused-ring (bicyclic) bond motifs is 1. The highest BCUT2D eigenvalue weighted by Crippen LogP contribution is 2.31. The molecule has 3 aromatic rings. The third-order valence-corrected chi connectivity index (χ3v) is 5.18. The maximum absolute atomic E-state index is 12.9. The Bertz CT molecular complexity index is 1030. The number of nitrogens with zero attached hydrogens (tertiary/aromatic N) is 4. The van der Waals surface area contributed by atoms with Gasteiger partial charge in [0.05, 0.1) is 12.0 Å². The summed E-state index contributed by atoms with van der Waals surface area (Å²) in [4.78, 5) is 23.3. The predicted octanol–water partition coefficient (Wildman–Crippen LogP) is 3.55. The zero-order valence-electron chi connectivity index (χ0n) is 15.3. The average molecular weight is 388 g/mol. The van der Waals surface area contributed by atoms with Crippen LogP contribution in [0.25, 0.3) is 11.2 Å². The Morgan fingerprint density at radius 1 is 1.25 bits per heavy atom. The lowest BCUT2D eigenvalue weighted by Crippen LogP contribution is -2.30. The van der Waals surface area contributed by atoms with E-state index in [9.17, 15) is 18.0 Å². The molecule has 1 aliphatic rings. The van der Waals surface area contributed by atoms with E-state index in [1.807, 2.05) is 23.7 Å². The van der Waals surface area contributed by atoms with Gasteiger partial charge in [-0.2, -0.15) is 13.2 Å². The van der Waals surface area contributed by atoms with Crippen molar-refractivity contribution in [3.8, 4) is 0 Å². The first kappa shape index (κ1) is 18.5. The van der Waals surface area contributed by atoms with E-state index in [0.717, 1.165) is 35.5 Å². The second-order valence-electron chi connectivity index (χ2n) is 7.08. The Hall–Kier alpha value is -2.90. The lowest BCUT2D eigenvalue weighted by atomic mass is 10.1. The van der Waals surface area contributed by atoms with E-state index in [4.69, 9.17) is 0 Å². The van der Waals surface area contributed by atoms with Crippen molar-refractivity contribution in [3.05, 3.63) is 59.5 Å². The number of alkyl halides is 3. The summed E-state index contributed by atoms with van der Waals surface area (Å²) in [6.45, 7) is 1.08. The largest absolute Gasteiger partial charge is 0.416 e. The zero-order chi connectivity index (χ0) is 19.9. The van der Waals surface area contributed by atoms with Gasteiger partial charge in [0.2, 0.25) is 5.91 Å². The fourth-order valence-electron chi connectivity index (χ4n) is 3.75. The van der Waals surface area contributed by atoms with Crippen LogP contribution in [-0.2, 0) is 24.4 Å². The molecule has 28 heavy (non-hydrogen) atoms. The van der Waals surface area contributed by atoms with E-state index in [0.29, 0.717) is 18.7 Å². The van der Waals surface area contributed by atoms with E-state index in [1.54, 1.807) is 17.2 Å². The van der Waals surface area contributed by atoms with Crippen molar-refractivity contribution < 1.29 is 18.0 Å². The predicted molar refractivity (Wildman–Crippen MR) is 97.6 cm³/mol. The molecule has 1 aromatic carbocycles. The molecule has 0 bridgehead atoms. The minimum atomic E-state index is -4.41. The van der Waals surface area contributed by atoms with Crippen molar-refractivity contribution in [2.75, 3.05) is 13.1 Å². The topological polar surface area (TPSA) is 51.0 Å². The van der Waals surface area contributed by atoms with Crippen molar-refractivity contribution in [1.29, 1.82) is 0 Å². The molecule has 1 atom stereocenters. The van der Waals surface area contributed by atoms with Gasteiger partial charge < -0.3 is 9.47 Å². The van der Waals surface area contributed by atoms with E-state index < -0.39 is 11.7 Å². The van der Waals surface area contributed by atoms with Gasteiger partial charge in [-0.25, -0.2) is 9.97 Å². The number of carbonyl (C=O) groups excluding carboxylic acids is 1. The zero-order valence-corrected chi connectivity index (χ0v) is 15.3. The minimum absolute atomic E-state index is 0.0409. The second kappa shape index (κ2) is 6.92. The van der Waals surface area contributed by atoms with Crippen LogP contribution in [0.4, 0.5) is 13.2 Å². The number of benzene rings is 1. The lowest BCUT2D eigenvalue weighted by molar-refractivity contribution is -0.138. The smallest absolute Gasteiger partial charge is 0.342 e. The number of hydrogen-bond acceptors (Lipinski definition) is 3. The highest BCUT2D eigenvalue weighted by atomic mass is 19.4. The summed E-state index contributed by atoms with van der Waals surface area (Å²) in [5, 5.41) is 0. The number of carbonyl (C=O) groups is 1. The highest BCUT2D eigenvalue weighted by Gasteiger charge is 2.32. The van der Waals surface area contributed by atoms with Gasteiger partial charge in [0.15, 0.2) is 5.65 Å². The van der Waals surface area contributed by atoms with E-state index in [2.05, 4.69) is 9.97 Å². The van der Waals surface area contributed by atoms with Gasteiger partial charge in [-0.3, -0.25) is 4.79 Å². The first-order valence-corrected chi connectivity index (χ1v) is 9.04. The summed E-state index contributed by atoms with van der Waals surface area (Å²) in [6.07, 6.45) is -1.97. The maximum Gasteiger partial charge on any atom is 0.416 e. The number of rotatable bonds is 3. The molecule has 146 valence electrons. The maximum atomic E-state index is 12.9. The third-order valence-electron chi connectivity index (χ3n) is 5.18. The van der Waals surface area contributed by atoms with Gasteiger partial charge in [0.1, 0.15) is 11.3 Å². The van der Waals surface area contributed by atoms with Crippen LogP contribution in [0, 0.1) is 0 Å². The van der Waals surface area contributed by atoms with Gasteiger partial charge in [-0.05, 0) is 30.2 Å². The number of amides is 1. The van der Waals surface area contributed by atoms with E-state index in [1.165, 1.54) is 6.07 Å². The molecule has 4 rings (SSSR count). The van der Waals surface area contributed by atoms with Crippen LogP contribution in [0.15, 0.2) is 42.6 Å². The Labute approximate surface area is 159 Å². The number of pyridine rings is 1. The third kappa shape index (κ3) is 3.46. The normalized spacial score (nSPS) is 17.4. The minimum Gasteiger partial charge on any atom is -0.342 e. The van der Waals surface area contributed by atoms with Gasteiger partial charge in [-0.15, -0.1) is 0 Å². The molecule has 0 N–H and O–H groups in total. The van der Waals surface area contributed by atoms with Crippen molar-refractivity contribution in [3.63, 3.8) is 0 Å². The Balaban J connectivity index is 1.47. The summed E-state index contributed by atoms with van der Waals surface area (Å²) in [5.74, 6) is 0.798. The fourth-order valence-corrected chi connectivity index (χ4v) is 3.75. The summed E-state index contributed by atoms with van der Waals surface area (Å²) >= 11 is 0. The summed E-state index contributed by atoms with van der Waals surface area (Å²) < 4.78 is 40.5. The SMILES string of the molecule is Cn1c([C@H]2CCN(C(=O)Cc3cccc(C(F)(F)F)c3)C2)nc2cccnc21. The molecule has 0 aliphatic carbocycles. The van der Waals surface area contributed by atoms with Crippen LogP contribution >= 0.6 is 0 Å². The molecule has 1 saturated heterocycles. The van der Waals surface area contributed by atoms with Crippen LogP contribution in [-0.4, -0.2) is 38.4 Å². The second-order valence-corrected chi connectivity index (χ2v) is 7.08. The van der Waals surface area contributed by atoms with Crippen molar-refractivity contribution in [2.45, 2.75) is 24.9 Å². The van der Waals surface area contributed by atoms with Gasteiger partial charge >= 0.3 is 6.18 Å². The molecule has 1 aliphatic heterocycles. The van der Waals surface area contributed by atoms with Crippen LogP contribution in [0.5, 0.6) is 0 Å². The molecular weight excluding hydrogens is 369 g/mol. The lowest BCUT2D eigenvalue weighted by Gasteiger charge is -2.17. The number of hydrogen-bond donors (Lipinski definition) is 0. The first-order chi connectivity index (χ1) is 13.3. The Kier molecular flexibility index (Phi) is 4.56. The van der Waals surface area contributed by atoms with Crippen LogP contribution in [0.1, 0.15) is 29.3 Å². The molecule has 0 radical (unpaired) electrons. The van der Waals surface area contributed by atoms with Gasteiger partial charge in [0, 0.05) is 32.3 Å². The molecule has 3 heterocycles. The molecule has 0 spiro atoms. The monoisotopic (exact) mass is 388 g/mol. The summed E-state index contributed by atoms with van der Waals surface area (Å²) in [7, 11) is 1.91.